The van der Waals surface area contributed by atoms with E-state index in [2.05, 4.69) is 0 Å². The largest absolute Gasteiger partial charge is 0.396 e. The van der Waals surface area contributed by atoms with Crippen LogP contribution in [-0.2, 0) is 6.42 Å². The fraction of sp³-hybridized carbons (Fsp3) is 0.583. The lowest BCUT2D eigenvalue weighted by Gasteiger charge is -2.34. The second-order valence-electron chi connectivity index (χ2n) is 9.37. The molecule has 1 aliphatic carbocycles. The predicted octanol–water partition coefficient (Wildman–Crippen LogP) is 5.77. The Morgan fingerprint density at radius 3 is 2.31 bits per heavy atom. The van der Waals surface area contributed by atoms with E-state index in [1.807, 2.05) is 13.8 Å². The maximum Gasteiger partial charge on any atom is 0.195 e. The van der Waals surface area contributed by atoms with Gasteiger partial charge in [0.2, 0.25) is 0 Å². The number of aliphatic hydroxyl groups excluding tert-OH is 2. The highest BCUT2D eigenvalue weighted by Crippen LogP contribution is 2.36. The van der Waals surface area contributed by atoms with Gasteiger partial charge in [-0.2, -0.15) is 0 Å². The maximum absolute atomic E-state index is 13.8. The van der Waals surface area contributed by atoms with Crippen molar-refractivity contribution in [3.63, 3.8) is 0 Å². The molecule has 0 aliphatic heterocycles. The second-order valence-corrected chi connectivity index (χ2v) is 9.37. The smallest absolute Gasteiger partial charge is 0.195 e. The van der Waals surface area contributed by atoms with E-state index in [4.69, 9.17) is 0 Å². The Morgan fingerprint density at radius 2 is 1.66 bits per heavy atom. The zero-order valence-corrected chi connectivity index (χ0v) is 17.2. The van der Waals surface area contributed by atoms with Crippen molar-refractivity contribution in [1.29, 1.82) is 0 Å². The van der Waals surface area contributed by atoms with Crippen LogP contribution in [0.25, 0.3) is 10.8 Å². The van der Waals surface area contributed by atoms with E-state index in [1.54, 1.807) is 12.1 Å². The lowest BCUT2D eigenvalue weighted by Crippen LogP contribution is -2.35. The minimum Gasteiger partial charge on any atom is -0.396 e. The van der Waals surface area contributed by atoms with E-state index >= 15 is 0 Å². The molecule has 0 heterocycles. The Labute approximate surface area is 170 Å². The summed E-state index contributed by atoms with van der Waals surface area (Å²) in [5, 5.41) is 20.3. The van der Waals surface area contributed by atoms with E-state index in [9.17, 15) is 23.4 Å². The monoisotopic (exact) mass is 408 g/mol. The molecule has 3 rings (SSSR count). The summed E-state index contributed by atoms with van der Waals surface area (Å²) in [6.07, 6.45) is 6.46. The number of hydrogen-bond acceptors (Lipinski definition) is 2. The average molecular weight is 409 g/mol. The number of hydrogen-bond donors (Lipinski definition) is 2. The third kappa shape index (κ3) is 5.13. The van der Waals surface area contributed by atoms with Crippen molar-refractivity contribution in [1.82, 2.24) is 0 Å². The molecule has 1 unspecified atom stereocenters. The van der Waals surface area contributed by atoms with Crippen molar-refractivity contribution in [2.24, 2.45) is 17.3 Å². The Balaban J connectivity index is 1.52. The van der Waals surface area contributed by atoms with E-state index in [0.29, 0.717) is 17.2 Å². The fourth-order valence-corrected chi connectivity index (χ4v) is 4.38. The van der Waals surface area contributed by atoms with Crippen molar-refractivity contribution >= 4 is 10.8 Å². The second kappa shape index (κ2) is 9.05. The number of aryl methyl sites for hydroxylation is 1. The molecule has 29 heavy (non-hydrogen) atoms. The first-order valence-corrected chi connectivity index (χ1v) is 10.6. The van der Waals surface area contributed by atoms with E-state index in [0.717, 1.165) is 56.6 Å². The maximum atomic E-state index is 13.8. The van der Waals surface area contributed by atoms with Gasteiger partial charge in [0.25, 0.3) is 0 Å². The molecule has 1 atom stereocenters. The van der Waals surface area contributed by atoms with Gasteiger partial charge >= 0.3 is 0 Å². The third-order valence-corrected chi connectivity index (χ3v) is 6.71. The van der Waals surface area contributed by atoms with Gasteiger partial charge in [0.05, 0.1) is 12.7 Å². The van der Waals surface area contributed by atoms with Crippen LogP contribution in [0.4, 0.5) is 13.2 Å². The number of rotatable bonds is 7. The summed E-state index contributed by atoms with van der Waals surface area (Å²) in [5.41, 5.74) is 0.541. The summed E-state index contributed by atoms with van der Waals surface area (Å²) in [4.78, 5) is 0. The molecule has 0 bridgehead atoms. The van der Waals surface area contributed by atoms with Gasteiger partial charge in [-0.25, -0.2) is 13.2 Å². The molecule has 160 valence electrons. The van der Waals surface area contributed by atoms with E-state index in [1.165, 1.54) is 6.07 Å². The van der Waals surface area contributed by atoms with Crippen LogP contribution in [0.2, 0.25) is 0 Å². The molecular formula is C24H31F3O2. The third-order valence-electron chi connectivity index (χ3n) is 6.71. The molecule has 0 radical (unpaired) electrons. The fourth-order valence-electron chi connectivity index (χ4n) is 4.38. The van der Waals surface area contributed by atoms with Crippen LogP contribution in [0.3, 0.4) is 0 Å². The van der Waals surface area contributed by atoms with Crippen LogP contribution < -0.4 is 0 Å². The Kier molecular flexibility index (Phi) is 6.90. The van der Waals surface area contributed by atoms with Crippen LogP contribution in [-0.4, -0.2) is 22.9 Å². The van der Waals surface area contributed by atoms with Crippen molar-refractivity contribution in [3.05, 3.63) is 47.3 Å². The quantitative estimate of drug-likeness (QED) is 0.572. The van der Waals surface area contributed by atoms with Gasteiger partial charge in [-0.05, 0) is 48.1 Å². The molecule has 2 aromatic rings. The number of halogens is 3. The van der Waals surface area contributed by atoms with Crippen LogP contribution in [0.1, 0.15) is 57.9 Å². The topological polar surface area (TPSA) is 40.5 Å². The van der Waals surface area contributed by atoms with Crippen LogP contribution >= 0.6 is 0 Å². The van der Waals surface area contributed by atoms with Crippen molar-refractivity contribution in [2.75, 3.05) is 6.61 Å². The molecule has 1 fully saturated rings. The van der Waals surface area contributed by atoms with Gasteiger partial charge in [0.1, 0.15) is 0 Å². The Morgan fingerprint density at radius 1 is 1.00 bits per heavy atom. The number of fused-ring (bicyclic) bond motifs is 1. The zero-order chi connectivity index (χ0) is 21.2. The molecule has 1 aliphatic rings. The summed E-state index contributed by atoms with van der Waals surface area (Å²) in [6.45, 7) is 3.76. The molecule has 5 heteroatoms. The summed E-state index contributed by atoms with van der Waals surface area (Å²) >= 11 is 0. The van der Waals surface area contributed by atoms with Crippen LogP contribution in [0, 0.1) is 34.7 Å². The highest BCUT2D eigenvalue weighted by molar-refractivity contribution is 5.84. The molecule has 2 aromatic carbocycles. The molecule has 0 aromatic heterocycles. The first-order chi connectivity index (χ1) is 13.7. The Hall–Kier alpha value is -1.59. The van der Waals surface area contributed by atoms with E-state index < -0.39 is 29.0 Å². The van der Waals surface area contributed by atoms with Gasteiger partial charge < -0.3 is 10.2 Å². The molecule has 1 saturated carbocycles. The Bertz CT molecular complexity index is 842. The summed E-state index contributed by atoms with van der Waals surface area (Å²) in [5.74, 6) is -2.61. The van der Waals surface area contributed by atoms with Crippen molar-refractivity contribution in [2.45, 2.75) is 64.9 Å². The molecule has 2 nitrogen and oxygen atoms in total. The highest BCUT2D eigenvalue weighted by Gasteiger charge is 2.31. The minimum absolute atomic E-state index is 0.0181. The molecule has 0 saturated heterocycles. The van der Waals surface area contributed by atoms with Crippen LogP contribution in [0.15, 0.2) is 24.3 Å². The summed E-state index contributed by atoms with van der Waals surface area (Å²) in [6, 6.07) is 6.13. The summed E-state index contributed by atoms with van der Waals surface area (Å²) < 4.78 is 40.7. The molecule has 0 amide bonds. The lowest BCUT2D eigenvalue weighted by atomic mass is 9.74. The van der Waals surface area contributed by atoms with E-state index in [-0.39, 0.29) is 12.0 Å². The highest BCUT2D eigenvalue weighted by atomic mass is 19.2. The predicted molar refractivity (Wildman–Crippen MR) is 109 cm³/mol. The first-order valence-electron chi connectivity index (χ1n) is 10.6. The lowest BCUT2D eigenvalue weighted by molar-refractivity contribution is -0.0115. The number of aliphatic hydroxyl groups is 2. The van der Waals surface area contributed by atoms with Crippen LogP contribution in [0.5, 0.6) is 0 Å². The van der Waals surface area contributed by atoms with Gasteiger partial charge in [-0.15, -0.1) is 0 Å². The zero-order valence-electron chi connectivity index (χ0n) is 17.2. The first kappa shape index (κ1) is 22.1. The molecule has 0 spiro atoms. The average Bonchev–Trinajstić information content (AvgIpc) is 2.71. The standard InChI is InChI=1S/C24H31F3O2/c1-24(2,14-28)21(29)12-17-7-4-15(5-8-17)3-6-16-9-10-19-18(11-16)13-20(25)23(27)22(19)26/h9-11,13,15,17,21,28-29H,3-8,12,14H2,1-2H3. The van der Waals surface area contributed by atoms with Gasteiger partial charge in [0, 0.05) is 10.8 Å². The molecular weight excluding hydrogens is 377 g/mol. The van der Waals surface area contributed by atoms with Crippen molar-refractivity contribution in [3.8, 4) is 0 Å². The SMILES string of the molecule is CC(C)(CO)C(O)CC1CCC(CCc2ccc3c(F)c(F)c(F)cc3c2)CC1. The minimum atomic E-state index is -1.42. The normalized spacial score (nSPS) is 21.5. The summed E-state index contributed by atoms with van der Waals surface area (Å²) in [7, 11) is 0. The van der Waals surface area contributed by atoms with Gasteiger partial charge in [0.15, 0.2) is 17.5 Å². The van der Waals surface area contributed by atoms with Gasteiger partial charge in [-0.3, -0.25) is 0 Å². The van der Waals surface area contributed by atoms with Gasteiger partial charge in [-0.1, -0.05) is 57.7 Å². The number of benzene rings is 2. The van der Waals surface area contributed by atoms with Crippen molar-refractivity contribution < 1.29 is 23.4 Å². The molecule has 2 N–H and O–H groups in total.